The molecule has 0 aliphatic carbocycles. The van der Waals surface area contributed by atoms with E-state index in [0.29, 0.717) is 5.69 Å². The lowest BCUT2D eigenvalue weighted by atomic mass is 10.3. The molecule has 0 spiro atoms. The fraction of sp³-hybridized carbons (Fsp3) is 0.0833. The van der Waals surface area contributed by atoms with Gasteiger partial charge in [0.25, 0.3) is 0 Å². The summed E-state index contributed by atoms with van der Waals surface area (Å²) in [5.74, 6) is -1.24. The van der Waals surface area contributed by atoms with E-state index in [0.717, 1.165) is 28.1 Å². The van der Waals surface area contributed by atoms with E-state index in [-0.39, 0.29) is 10.0 Å². The molecule has 2 aromatic rings. The molecular weight excluding hydrogens is 358 g/mol. The third-order valence-corrected chi connectivity index (χ3v) is 4.33. The van der Waals surface area contributed by atoms with Crippen molar-refractivity contribution in [3.05, 3.63) is 51.2 Å². The van der Waals surface area contributed by atoms with Crippen LogP contribution in [-0.2, 0) is 0 Å². The quantitative estimate of drug-likeness (QED) is 0.597. The zero-order valence-electron chi connectivity index (χ0n) is 9.68. The molecule has 0 bridgehead atoms. The fourth-order valence-corrected chi connectivity index (χ4v) is 2.68. The van der Waals surface area contributed by atoms with Crippen LogP contribution in [0.2, 0.25) is 5.15 Å². The number of halogens is 4. The summed E-state index contributed by atoms with van der Waals surface area (Å²) in [7, 11) is 0. The molecule has 0 aliphatic heterocycles. The van der Waals surface area contributed by atoms with Crippen molar-refractivity contribution >= 4 is 45.2 Å². The number of anilines is 1. The van der Waals surface area contributed by atoms with Crippen molar-refractivity contribution < 1.29 is 8.78 Å². The van der Waals surface area contributed by atoms with Crippen molar-refractivity contribution in [3.8, 4) is 0 Å². The zero-order valence-corrected chi connectivity index (χ0v) is 12.8. The maximum atomic E-state index is 13.5. The molecule has 0 atom stereocenters. The van der Waals surface area contributed by atoms with Gasteiger partial charge in [-0.15, -0.1) is 0 Å². The first kappa shape index (κ1) is 14.6. The highest BCUT2D eigenvalue weighted by atomic mass is 79.9. The van der Waals surface area contributed by atoms with Gasteiger partial charge in [-0.3, -0.25) is 0 Å². The van der Waals surface area contributed by atoms with Crippen LogP contribution >= 0.6 is 39.5 Å². The normalized spacial score (nSPS) is 10.6. The second-order valence-electron chi connectivity index (χ2n) is 3.68. The molecule has 100 valence electrons. The van der Waals surface area contributed by atoms with Crippen LogP contribution in [0.1, 0.15) is 5.56 Å². The average Bonchev–Trinajstić information content (AvgIpc) is 2.36. The Kier molecular flexibility index (Phi) is 4.65. The standard InChI is InChI=1S/C12H8BrClF2N2S/c1-6-8(13)5-17-12(14)11(6)18-19-10-3-2-7(15)4-9(10)16/h2-5,18H,1H3. The fourth-order valence-electron chi connectivity index (χ4n) is 1.33. The number of pyridine rings is 1. The number of nitrogens with zero attached hydrogens (tertiary/aromatic N) is 1. The first-order valence-electron chi connectivity index (χ1n) is 5.17. The topological polar surface area (TPSA) is 24.9 Å². The van der Waals surface area contributed by atoms with E-state index in [1.807, 2.05) is 6.92 Å². The Morgan fingerprint density at radius 2 is 2.11 bits per heavy atom. The minimum absolute atomic E-state index is 0.275. The van der Waals surface area contributed by atoms with Crippen LogP contribution < -0.4 is 4.72 Å². The zero-order chi connectivity index (χ0) is 14.0. The van der Waals surface area contributed by atoms with Crippen molar-refractivity contribution in [1.29, 1.82) is 0 Å². The summed E-state index contributed by atoms with van der Waals surface area (Å²) in [6.45, 7) is 1.85. The van der Waals surface area contributed by atoms with Crippen molar-refractivity contribution in [2.24, 2.45) is 0 Å². The first-order valence-corrected chi connectivity index (χ1v) is 7.16. The Morgan fingerprint density at radius 3 is 2.79 bits per heavy atom. The summed E-state index contributed by atoms with van der Waals surface area (Å²) in [6, 6.07) is 3.38. The molecule has 1 N–H and O–H groups in total. The van der Waals surface area contributed by atoms with Crippen LogP contribution in [0.15, 0.2) is 33.8 Å². The third kappa shape index (κ3) is 3.38. The molecule has 0 fully saturated rings. The van der Waals surface area contributed by atoms with Crippen LogP contribution in [0.3, 0.4) is 0 Å². The highest BCUT2D eigenvalue weighted by Gasteiger charge is 2.11. The lowest BCUT2D eigenvalue weighted by molar-refractivity contribution is 0.566. The Morgan fingerprint density at radius 1 is 1.37 bits per heavy atom. The molecule has 2 rings (SSSR count). The lowest BCUT2D eigenvalue weighted by Gasteiger charge is -2.11. The van der Waals surface area contributed by atoms with Crippen LogP contribution in [-0.4, -0.2) is 4.98 Å². The number of nitrogens with one attached hydrogen (secondary N) is 1. The van der Waals surface area contributed by atoms with Gasteiger partial charge in [0.05, 0.1) is 10.6 Å². The van der Waals surface area contributed by atoms with Gasteiger partial charge in [-0.1, -0.05) is 11.6 Å². The first-order chi connectivity index (χ1) is 8.99. The second-order valence-corrected chi connectivity index (χ2v) is 5.74. The Bertz CT molecular complexity index is 625. The van der Waals surface area contributed by atoms with Crippen molar-refractivity contribution in [1.82, 2.24) is 4.98 Å². The van der Waals surface area contributed by atoms with E-state index in [4.69, 9.17) is 11.6 Å². The summed E-state index contributed by atoms with van der Waals surface area (Å²) in [4.78, 5) is 4.25. The highest BCUT2D eigenvalue weighted by Crippen LogP contribution is 2.33. The van der Waals surface area contributed by atoms with Crippen LogP contribution in [0.5, 0.6) is 0 Å². The maximum Gasteiger partial charge on any atom is 0.153 e. The van der Waals surface area contributed by atoms with E-state index in [1.165, 1.54) is 12.1 Å². The second kappa shape index (κ2) is 6.07. The molecule has 0 saturated carbocycles. The third-order valence-electron chi connectivity index (χ3n) is 2.39. The monoisotopic (exact) mass is 364 g/mol. The number of benzene rings is 1. The Balaban J connectivity index is 2.21. The van der Waals surface area contributed by atoms with Gasteiger partial charge in [-0.25, -0.2) is 13.8 Å². The molecule has 0 unspecified atom stereocenters. The summed E-state index contributed by atoms with van der Waals surface area (Å²) in [5, 5.41) is 0.288. The SMILES string of the molecule is Cc1c(Br)cnc(Cl)c1NSc1ccc(F)cc1F. The average molecular weight is 366 g/mol. The van der Waals surface area contributed by atoms with Gasteiger partial charge in [0.2, 0.25) is 0 Å². The minimum atomic E-state index is -0.630. The Labute approximate surface area is 126 Å². The van der Waals surface area contributed by atoms with E-state index in [1.54, 1.807) is 6.20 Å². The summed E-state index contributed by atoms with van der Waals surface area (Å²) >= 11 is 10.3. The molecule has 0 aliphatic rings. The van der Waals surface area contributed by atoms with Gasteiger partial charge in [0, 0.05) is 16.7 Å². The molecule has 0 amide bonds. The number of hydrogen-bond acceptors (Lipinski definition) is 3. The van der Waals surface area contributed by atoms with Gasteiger partial charge in [0.1, 0.15) is 11.6 Å². The van der Waals surface area contributed by atoms with Crippen molar-refractivity contribution in [2.75, 3.05) is 4.72 Å². The smallest absolute Gasteiger partial charge is 0.153 e. The van der Waals surface area contributed by atoms with E-state index in [9.17, 15) is 8.78 Å². The predicted molar refractivity (Wildman–Crippen MR) is 77.5 cm³/mol. The molecule has 7 heteroatoms. The van der Waals surface area contributed by atoms with Crippen LogP contribution in [0, 0.1) is 18.6 Å². The molecule has 1 aromatic heterocycles. The van der Waals surface area contributed by atoms with Gasteiger partial charge < -0.3 is 4.72 Å². The van der Waals surface area contributed by atoms with Gasteiger partial charge in [-0.05, 0) is 52.5 Å². The van der Waals surface area contributed by atoms with E-state index < -0.39 is 11.6 Å². The molecule has 0 radical (unpaired) electrons. The van der Waals surface area contributed by atoms with Gasteiger partial charge in [0.15, 0.2) is 5.15 Å². The predicted octanol–water partition coefficient (Wildman–Crippen LogP) is 5.20. The lowest BCUT2D eigenvalue weighted by Crippen LogP contribution is -1.95. The Hall–Kier alpha value is -0.850. The summed E-state index contributed by atoms with van der Waals surface area (Å²) < 4.78 is 30.0. The largest absolute Gasteiger partial charge is 0.323 e. The molecule has 2 nitrogen and oxygen atoms in total. The number of hydrogen-bond donors (Lipinski definition) is 1. The van der Waals surface area contributed by atoms with E-state index >= 15 is 0 Å². The maximum absolute atomic E-state index is 13.5. The summed E-state index contributed by atoms with van der Waals surface area (Å²) in [6.07, 6.45) is 1.59. The highest BCUT2D eigenvalue weighted by molar-refractivity contribution is 9.10. The van der Waals surface area contributed by atoms with Gasteiger partial charge in [-0.2, -0.15) is 0 Å². The number of aromatic nitrogens is 1. The minimum Gasteiger partial charge on any atom is -0.323 e. The molecule has 19 heavy (non-hydrogen) atoms. The number of rotatable bonds is 3. The van der Waals surface area contributed by atoms with Crippen LogP contribution in [0.4, 0.5) is 14.5 Å². The molecule has 0 saturated heterocycles. The van der Waals surface area contributed by atoms with Crippen molar-refractivity contribution in [2.45, 2.75) is 11.8 Å². The van der Waals surface area contributed by atoms with Gasteiger partial charge >= 0.3 is 0 Å². The molecule has 1 heterocycles. The van der Waals surface area contributed by atoms with E-state index in [2.05, 4.69) is 25.6 Å². The van der Waals surface area contributed by atoms with Crippen molar-refractivity contribution in [3.63, 3.8) is 0 Å². The summed E-state index contributed by atoms with van der Waals surface area (Å²) in [5.41, 5.74) is 1.44. The molecule has 1 aromatic carbocycles. The van der Waals surface area contributed by atoms with Crippen LogP contribution in [0.25, 0.3) is 0 Å². The molecular formula is C12H8BrClF2N2S.